The maximum Gasteiger partial charge on any atom is 0.193 e. The predicted octanol–water partition coefficient (Wildman–Crippen LogP) is 3.13. The Bertz CT molecular complexity index is 387. The standard InChI is InChI=1S/C17H34N4S.HI/c1-14(2)20-8-6-7-15(12-20)11-19-16(18-5)21-9-10-22-17(3,4)13-21;/h14-15H,6-13H2,1-5H3,(H,18,19);1H. The second-order valence-electron chi connectivity index (χ2n) is 7.55. The van der Waals surface area contributed by atoms with E-state index in [1.165, 1.54) is 31.7 Å². The fourth-order valence-electron chi connectivity index (χ4n) is 3.50. The van der Waals surface area contributed by atoms with E-state index in [-0.39, 0.29) is 24.0 Å². The van der Waals surface area contributed by atoms with E-state index in [1.54, 1.807) is 0 Å². The lowest BCUT2D eigenvalue weighted by atomic mass is 9.97. The molecule has 0 radical (unpaired) electrons. The molecule has 1 unspecified atom stereocenters. The zero-order chi connectivity index (χ0) is 16.2. The SMILES string of the molecule is CN=C(NCC1CCCN(C(C)C)C1)N1CCSC(C)(C)C1.I. The van der Waals surface area contributed by atoms with E-state index in [0.717, 1.165) is 31.5 Å². The van der Waals surface area contributed by atoms with Crippen LogP contribution in [0.3, 0.4) is 0 Å². The van der Waals surface area contributed by atoms with Crippen LogP contribution >= 0.6 is 35.7 Å². The molecule has 2 rings (SSSR count). The Morgan fingerprint density at radius 2 is 2.09 bits per heavy atom. The van der Waals surface area contributed by atoms with Gasteiger partial charge in [0.05, 0.1) is 0 Å². The monoisotopic (exact) mass is 454 g/mol. The van der Waals surface area contributed by atoms with Gasteiger partial charge in [-0.05, 0) is 53.0 Å². The predicted molar refractivity (Wildman–Crippen MR) is 114 cm³/mol. The number of likely N-dealkylation sites (tertiary alicyclic amines) is 1. The lowest BCUT2D eigenvalue weighted by Gasteiger charge is -2.40. The van der Waals surface area contributed by atoms with Crippen molar-refractivity contribution in [3.05, 3.63) is 0 Å². The molecule has 6 heteroatoms. The van der Waals surface area contributed by atoms with Crippen LogP contribution in [0.5, 0.6) is 0 Å². The van der Waals surface area contributed by atoms with E-state index in [2.05, 4.69) is 59.6 Å². The van der Waals surface area contributed by atoms with Gasteiger partial charge >= 0.3 is 0 Å². The van der Waals surface area contributed by atoms with Gasteiger partial charge in [0.1, 0.15) is 0 Å². The first-order chi connectivity index (χ1) is 10.4. The Morgan fingerprint density at radius 3 is 2.70 bits per heavy atom. The number of halogens is 1. The number of nitrogens with zero attached hydrogens (tertiary/aromatic N) is 3. The van der Waals surface area contributed by atoms with Gasteiger partial charge in [-0.1, -0.05) is 0 Å². The summed E-state index contributed by atoms with van der Waals surface area (Å²) in [6.45, 7) is 15.0. The maximum atomic E-state index is 4.52. The quantitative estimate of drug-likeness (QED) is 0.404. The first kappa shape index (κ1) is 21.4. The van der Waals surface area contributed by atoms with Crippen molar-refractivity contribution in [1.82, 2.24) is 15.1 Å². The summed E-state index contributed by atoms with van der Waals surface area (Å²) in [6.07, 6.45) is 2.67. The van der Waals surface area contributed by atoms with Crippen molar-refractivity contribution in [3.63, 3.8) is 0 Å². The molecule has 1 N–H and O–H groups in total. The Kier molecular flexibility index (Phi) is 9.01. The number of aliphatic imine (C=N–C) groups is 1. The smallest absolute Gasteiger partial charge is 0.193 e. The summed E-state index contributed by atoms with van der Waals surface area (Å²) in [5.41, 5.74) is 0. The van der Waals surface area contributed by atoms with Crippen LogP contribution in [0.4, 0.5) is 0 Å². The van der Waals surface area contributed by atoms with Gasteiger partial charge < -0.3 is 15.1 Å². The van der Waals surface area contributed by atoms with Crippen LogP contribution < -0.4 is 5.32 Å². The van der Waals surface area contributed by atoms with Crippen molar-refractivity contribution < 1.29 is 0 Å². The van der Waals surface area contributed by atoms with Crippen LogP contribution in [0.1, 0.15) is 40.5 Å². The molecule has 0 bridgehead atoms. The number of hydrogen-bond acceptors (Lipinski definition) is 3. The number of hydrogen-bond donors (Lipinski definition) is 1. The Labute approximate surface area is 164 Å². The molecular formula is C17H35IN4S. The molecule has 1 atom stereocenters. The average Bonchev–Trinajstić information content (AvgIpc) is 2.47. The van der Waals surface area contributed by atoms with Gasteiger partial charge in [0.25, 0.3) is 0 Å². The average molecular weight is 454 g/mol. The van der Waals surface area contributed by atoms with Crippen molar-refractivity contribution in [1.29, 1.82) is 0 Å². The third-order valence-electron chi connectivity index (χ3n) is 4.77. The van der Waals surface area contributed by atoms with Crippen LogP contribution in [-0.2, 0) is 0 Å². The van der Waals surface area contributed by atoms with E-state index >= 15 is 0 Å². The number of rotatable bonds is 3. The fraction of sp³-hybridized carbons (Fsp3) is 0.941. The number of nitrogens with one attached hydrogen (secondary N) is 1. The molecule has 23 heavy (non-hydrogen) atoms. The van der Waals surface area contributed by atoms with Crippen molar-refractivity contribution >= 4 is 41.7 Å². The summed E-state index contributed by atoms with van der Waals surface area (Å²) in [7, 11) is 1.92. The normalized spacial score (nSPS) is 26.1. The highest BCUT2D eigenvalue weighted by atomic mass is 127. The minimum atomic E-state index is 0. The molecule has 0 spiro atoms. The highest BCUT2D eigenvalue weighted by Crippen LogP contribution is 2.29. The molecule has 0 aliphatic carbocycles. The highest BCUT2D eigenvalue weighted by molar-refractivity contribution is 14.0. The van der Waals surface area contributed by atoms with Gasteiger partial charge in [0.2, 0.25) is 0 Å². The number of thioether (sulfide) groups is 1. The van der Waals surface area contributed by atoms with E-state index in [0.29, 0.717) is 10.8 Å². The van der Waals surface area contributed by atoms with Crippen LogP contribution in [-0.4, -0.2) is 72.1 Å². The summed E-state index contributed by atoms with van der Waals surface area (Å²) < 4.78 is 0.329. The molecule has 2 aliphatic rings. The first-order valence-electron chi connectivity index (χ1n) is 8.75. The van der Waals surface area contributed by atoms with E-state index in [1.807, 2.05) is 7.05 Å². The molecule has 4 nitrogen and oxygen atoms in total. The minimum absolute atomic E-state index is 0. The van der Waals surface area contributed by atoms with Crippen molar-refractivity contribution in [2.45, 2.75) is 51.3 Å². The Hall–Kier alpha value is 0.310. The van der Waals surface area contributed by atoms with Gasteiger partial charge in [-0.2, -0.15) is 11.8 Å². The molecule has 2 aliphatic heterocycles. The summed E-state index contributed by atoms with van der Waals surface area (Å²) in [5, 5.41) is 3.65. The second kappa shape index (κ2) is 9.70. The highest BCUT2D eigenvalue weighted by Gasteiger charge is 2.29. The van der Waals surface area contributed by atoms with Crippen molar-refractivity contribution in [3.8, 4) is 0 Å². The Balaban J connectivity index is 0.00000264. The van der Waals surface area contributed by atoms with Crippen LogP contribution in [0.15, 0.2) is 4.99 Å². The van der Waals surface area contributed by atoms with Gasteiger partial charge in [-0.3, -0.25) is 4.99 Å². The number of guanidine groups is 1. The summed E-state index contributed by atoms with van der Waals surface area (Å²) in [6, 6.07) is 0.669. The zero-order valence-corrected chi connectivity index (χ0v) is 18.6. The molecule has 2 heterocycles. The Morgan fingerprint density at radius 1 is 1.35 bits per heavy atom. The summed E-state index contributed by atoms with van der Waals surface area (Å²) in [4.78, 5) is 9.56. The van der Waals surface area contributed by atoms with E-state index in [4.69, 9.17) is 0 Å². The van der Waals surface area contributed by atoms with Crippen LogP contribution in [0, 0.1) is 5.92 Å². The molecule has 0 saturated carbocycles. The molecule has 0 amide bonds. The topological polar surface area (TPSA) is 30.9 Å². The molecule has 0 aromatic carbocycles. The third kappa shape index (κ3) is 6.61. The van der Waals surface area contributed by atoms with Gasteiger partial charge in [0, 0.05) is 49.8 Å². The van der Waals surface area contributed by atoms with E-state index in [9.17, 15) is 0 Å². The molecule has 0 aromatic heterocycles. The zero-order valence-electron chi connectivity index (χ0n) is 15.5. The fourth-order valence-corrected chi connectivity index (χ4v) is 4.61. The largest absolute Gasteiger partial charge is 0.356 e. The molecule has 136 valence electrons. The van der Waals surface area contributed by atoms with Crippen molar-refractivity contribution in [2.24, 2.45) is 10.9 Å². The third-order valence-corrected chi connectivity index (χ3v) is 6.06. The van der Waals surface area contributed by atoms with Gasteiger partial charge in [-0.15, -0.1) is 24.0 Å². The molecule has 2 fully saturated rings. The van der Waals surface area contributed by atoms with Crippen molar-refractivity contribution in [2.75, 3.05) is 45.5 Å². The lowest BCUT2D eigenvalue weighted by Crippen LogP contribution is -2.52. The number of piperidine rings is 1. The molecule has 0 aromatic rings. The van der Waals surface area contributed by atoms with Crippen LogP contribution in [0.2, 0.25) is 0 Å². The minimum Gasteiger partial charge on any atom is -0.356 e. The lowest BCUT2D eigenvalue weighted by molar-refractivity contribution is 0.140. The first-order valence-corrected chi connectivity index (χ1v) is 9.73. The van der Waals surface area contributed by atoms with Crippen LogP contribution in [0.25, 0.3) is 0 Å². The van der Waals surface area contributed by atoms with Gasteiger partial charge in [0.15, 0.2) is 5.96 Å². The second-order valence-corrected chi connectivity index (χ2v) is 9.36. The molecule has 2 saturated heterocycles. The molecular weight excluding hydrogens is 419 g/mol. The summed E-state index contributed by atoms with van der Waals surface area (Å²) in [5.74, 6) is 3.04. The summed E-state index contributed by atoms with van der Waals surface area (Å²) >= 11 is 2.07. The van der Waals surface area contributed by atoms with Gasteiger partial charge in [-0.25, -0.2) is 0 Å². The maximum absolute atomic E-state index is 4.52. The van der Waals surface area contributed by atoms with E-state index < -0.39 is 0 Å².